The second-order valence-electron chi connectivity index (χ2n) is 7.74. The molecular weight excluding hydrogens is 415 g/mol. The first-order chi connectivity index (χ1) is 15.5. The molecule has 1 N–H and O–H groups in total. The molecule has 2 aromatic carbocycles. The Balaban J connectivity index is 1.64. The Morgan fingerprint density at radius 1 is 1.12 bits per heavy atom. The largest absolute Gasteiger partial charge is 0.493 e. The van der Waals surface area contributed by atoms with Crippen LogP contribution >= 0.6 is 0 Å². The zero-order valence-electron chi connectivity index (χ0n) is 18.9. The van der Waals surface area contributed by atoms with Crippen LogP contribution in [0.4, 0.5) is 4.39 Å². The zero-order valence-corrected chi connectivity index (χ0v) is 18.9. The summed E-state index contributed by atoms with van der Waals surface area (Å²) in [6.45, 7) is 2.32. The average Bonchev–Trinajstić information content (AvgIpc) is 3.29. The number of nitrogens with zero attached hydrogens (tertiary/aromatic N) is 1. The minimum atomic E-state index is -0.286. The molecule has 0 bridgehead atoms. The molecule has 32 heavy (non-hydrogen) atoms. The maximum absolute atomic E-state index is 13.6. The van der Waals surface area contributed by atoms with E-state index in [1.165, 1.54) is 12.1 Å². The van der Waals surface area contributed by atoms with Gasteiger partial charge in [0.15, 0.2) is 11.5 Å². The Hall–Kier alpha value is -2.84. The summed E-state index contributed by atoms with van der Waals surface area (Å²) in [7, 11) is 4.65. The lowest BCUT2D eigenvalue weighted by atomic mass is 10.1. The minimum Gasteiger partial charge on any atom is -0.493 e. The lowest BCUT2D eigenvalue weighted by Gasteiger charge is -2.25. The van der Waals surface area contributed by atoms with Crippen molar-refractivity contribution in [2.24, 2.45) is 0 Å². The molecule has 1 atom stereocenters. The standard InChI is InChI=1S/C24H31FN2O5/c1-29-21-11-18(12-22(30-2)24(21)31-3)13-26-23(28)16-27(15-20-8-5-9-32-20)14-17-6-4-7-19(25)10-17/h4,6-7,10-12,20H,5,8-9,13-16H2,1-3H3,(H,26,28). The van der Waals surface area contributed by atoms with Crippen LogP contribution in [0, 0.1) is 5.82 Å². The van der Waals surface area contributed by atoms with Gasteiger partial charge in [-0.1, -0.05) is 12.1 Å². The van der Waals surface area contributed by atoms with Gasteiger partial charge in [-0.25, -0.2) is 4.39 Å². The molecule has 1 saturated heterocycles. The van der Waals surface area contributed by atoms with Gasteiger partial charge in [0.25, 0.3) is 0 Å². The lowest BCUT2D eigenvalue weighted by molar-refractivity contribution is -0.122. The third-order valence-electron chi connectivity index (χ3n) is 5.36. The fourth-order valence-electron chi connectivity index (χ4n) is 3.85. The molecule has 174 valence electrons. The summed E-state index contributed by atoms with van der Waals surface area (Å²) in [5, 5.41) is 2.94. The smallest absolute Gasteiger partial charge is 0.234 e. The van der Waals surface area contributed by atoms with Gasteiger partial charge < -0.3 is 24.3 Å². The number of benzene rings is 2. The number of ether oxygens (including phenoxy) is 4. The highest BCUT2D eigenvalue weighted by molar-refractivity contribution is 5.78. The first-order valence-corrected chi connectivity index (χ1v) is 10.7. The molecular formula is C24H31FN2O5. The van der Waals surface area contributed by atoms with Crippen LogP contribution < -0.4 is 19.5 Å². The van der Waals surface area contributed by atoms with E-state index in [0.717, 1.165) is 30.6 Å². The van der Waals surface area contributed by atoms with E-state index >= 15 is 0 Å². The molecule has 0 aromatic heterocycles. The van der Waals surface area contributed by atoms with Gasteiger partial charge >= 0.3 is 0 Å². The van der Waals surface area contributed by atoms with Crippen LogP contribution in [-0.2, 0) is 22.6 Å². The van der Waals surface area contributed by atoms with Gasteiger partial charge in [-0.05, 0) is 48.2 Å². The Morgan fingerprint density at radius 2 is 1.88 bits per heavy atom. The second kappa shape index (κ2) is 11.7. The maximum atomic E-state index is 13.6. The van der Waals surface area contributed by atoms with Gasteiger partial charge in [-0.3, -0.25) is 9.69 Å². The molecule has 1 aliphatic heterocycles. The van der Waals surface area contributed by atoms with Gasteiger partial charge in [0, 0.05) is 26.2 Å². The predicted octanol–water partition coefficient (Wildman–Crippen LogP) is 3.15. The summed E-state index contributed by atoms with van der Waals surface area (Å²) in [4.78, 5) is 14.7. The van der Waals surface area contributed by atoms with Crippen LogP contribution in [-0.4, -0.2) is 57.9 Å². The molecule has 1 heterocycles. The molecule has 3 rings (SSSR count). The van der Waals surface area contributed by atoms with Crippen molar-refractivity contribution >= 4 is 5.91 Å². The van der Waals surface area contributed by atoms with Gasteiger partial charge in [0.1, 0.15) is 5.82 Å². The van der Waals surface area contributed by atoms with Crippen molar-refractivity contribution in [1.29, 1.82) is 0 Å². The van der Waals surface area contributed by atoms with E-state index in [2.05, 4.69) is 5.32 Å². The monoisotopic (exact) mass is 446 g/mol. The summed E-state index contributed by atoms with van der Waals surface area (Å²) in [6.07, 6.45) is 2.07. The molecule has 1 unspecified atom stereocenters. The average molecular weight is 447 g/mol. The predicted molar refractivity (Wildman–Crippen MR) is 119 cm³/mol. The van der Waals surface area contributed by atoms with Crippen molar-refractivity contribution in [3.05, 3.63) is 53.3 Å². The molecule has 0 aliphatic carbocycles. The molecule has 0 spiro atoms. The number of carbonyl (C=O) groups is 1. The van der Waals surface area contributed by atoms with Crippen molar-refractivity contribution in [3.63, 3.8) is 0 Å². The number of carbonyl (C=O) groups excluding carboxylic acids is 1. The van der Waals surface area contributed by atoms with Crippen LogP contribution in [0.15, 0.2) is 36.4 Å². The Morgan fingerprint density at radius 3 is 2.47 bits per heavy atom. The SMILES string of the molecule is COc1cc(CNC(=O)CN(Cc2cccc(F)c2)CC2CCCO2)cc(OC)c1OC. The molecule has 1 fully saturated rings. The Kier molecular flexibility index (Phi) is 8.70. The van der Waals surface area contributed by atoms with E-state index in [1.54, 1.807) is 39.5 Å². The van der Waals surface area contributed by atoms with Gasteiger partial charge in [0.2, 0.25) is 11.7 Å². The van der Waals surface area contributed by atoms with Crippen LogP contribution in [0.5, 0.6) is 17.2 Å². The number of halogens is 1. The van der Waals surface area contributed by atoms with Crippen LogP contribution in [0.2, 0.25) is 0 Å². The fraction of sp³-hybridized carbons (Fsp3) is 0.458. The summed E-state index contributed by atoms with van der Waals surface area (Å²) in [5.74, 6) is 1.15. The third-order valence-corrected chi connectivity index (χ3v) is 5.36. The maximum Gasteiger partial charge on any atom is 0.234 e. The molecule has 0 saturated carbocycles. The van der Waals surface area contributed by atoms with E-state index in [-0.39, 0.29) is 24.4 Å². The quantitative estimate of drug-likeness (QED) is 0.572. The third kappa shape index (κ3) is 6.58. The molecule has 1 aliphatic rings. The van der Waals surface area contributed by atoms with E-state index in [9.17, 15) is 9.18 Å². The van der Waals surface area contributed by atoms with Gasteiger partial charge in [0.05, 0.1) is 34.0 Å². The Labute approximate surface area is 188 Å². The van der Waals surface area contributed by atoms with Gasteiger partial charge in [-0.2, -0.15) is 0 Å². The first-order valence-electron chi connectivity index (χ1n) is 10.7. The zero-order chi connectivity index (χ0) is 22.9. The van der Waals surface area contributed by atoms with Crippen molar-refractivity contribution in [2.75, 3.05) is 41.0 Å². The second-order valence-corrected chi connectivity index (χ2v) is 7.74. The van der Waals surface area contributed by atoms with Crippen molar-refractivity contribution in [2.45, 2.75) is 32.0 Å². The summed E-state index contributed by atoms with van der Waals surface area (Å²) in [6, 6.07) is 10.1. The number of hydrogen-bond donors (Lipinski definition) is 1. The highest BCUT2D eigenvalue weighted by Crippen LogP contribution is 2.38. The number of amides is 1. The number of hydrogen-bond acceptors (Lipinski definition) is 6. The van der Waals surface area contributed by atoms with E-state index in [0.29, 0.717) is 36.9 Å². The van der Waals surface area contributed by atoms with Crippen LogP contribution in [0.3, 0.4) is 0 Å². The molecule has 1 amide bonds. The number of rotatable bonds is 11. The van der Waals surface area contributed by atoms with Crippen molar-refractivity contribution in [3.8, 4) is 17.2 Å². The van der Waals surface area contributed by atoms with Crippen molar-refractivity contribution in [1.82, 2.24) is 10.2 Å². The molecule has 7 nitrogen and oxygen atoms in total. The van der Waals surface area contributed by atoms with E-state index < -0.39 is 0 Å². The first kappa shape index (κ1) is 23.8. The highest BCUT2D eigenvalue weighted by Gasteiger charge is 2.21. The summed E-state index contributed by atoms with van der Waals surface area (Å²) < 4.78 is 35.4. The van der Waals surface area contributed by atoms with Crippen molar-refractivity contribution < 1.29 is 28.1 Å². The number of methoxy groups -OCH3 is 3. The summed E-state index contributed by atoms with van der Waals surface area (Å²) in [5.41, 5.74) is 1.64. The number of nitrogens with one attached hydrogen (secondary N) is 1. The molecule has 8 heteroatoms. The summed E-state index contributed by atoms with van der Waals surface area (Å²) >= 11 is 0. The van der Waals surface area contributed by atoms with Crippen LogP contribution in [0.1, 0.15) is 24.0 Å². The topological polar surface area (TPSA) is 69.3 Å². The van der Waals surface area contributed by atoms with E-state index in [4.69, 9.17) is 18.9 Å². The van der Waals surface area contributed by atoms with Gasteiger partial charge in [-0.15, -0.1) is 0 Å². The lowest BCUT2D eigenvalue weighted by Crippen LogP contribution is -2.40. The normalized spacial score (nSPS) is 15.6. The highest BCUT2D eigenvalue weighted by atomic mass is 19.1. The van der Waals surface area contributed by atoms with E-state index in [1.807, 2.05) is 11.0 Å². The molecule has 2 aromatic rings. The fourth-order valence-corrected chi connectivity index (χ4v) is 3.85. The minimum absolute atomic E-state index is 0.0893. The van der Waals surface area contributed by atoms with Crippen LogP contribution in [0.25, 0.3) is 0 Å². The molecule has 0 radical (unpaired) electrons. The Bertz CT molecular complexity index is 877.